The number of H-pyrrole nitrogens is 1. The summed E-state index contributed by atoms with van der Waals surface area (Å²) in [4.78, 5) is 27.7. The first-order valence-electron chi connectivity index (χ1n) is 10.9. The zero-order valence-corrected chi connectivity index (χ0v) is 20.3. The van der Waals surface area contributed by atoms with Gasteiger partial charge in [0.25, 0.3) is 5.56 Å². The van der Waals surface area contributed by atoms with Gasteiger partial charge in [-0.25, -0.2) is 4.79 Å². The first-order valence-corrected chi connectivity index (χ1v) is 11.8. The Kier molecular flexibility index (Phi) is 6.17. The number of thiophene rings is 1. The van der Waals surface area contributed by atoms with Gasteiger partial charge in [-0.1, -0.05) is 31.2 Å². The first-order chi connectivity index (χ1) is 15.7. The highest BCUT2D eigenvalue weighted by Crippen LogP contribution is 2.40. The average molecular weight is 465 g/mol. The molecular weight excluding hydrogens is 436 g/mol. The molecule has 0 aliphatic carbocycles. The molecular formula is C26H28N2O4S. The lowest BCUT2D eigenvalue weighted by atomic mass is 9.95. The molecule has 2 aromatic heterocycles. The third-order valence-electron chi connectivity index (χ3n) is 5.48. The van der Waals surface area contributed by atoms with Crippen LogP contribution in [0.5, 0.6) is 5.75 Å². The van der Waals surface area contributed by atoms with Crippen LogP contribution in [0, 0.1) is 0 Å². The summed E-state index contributed by atoms with van der Waals surface area (Å²) in [7, 11) is 1.65. The summed E-state index contributed by atoms with van der Waals surface area (Å²) < 4.78 is 11.8. The molecule has 0 radical (unpaired) electrons. The quantitative estimate of drug-likeness (QED) is 0.358. The van der Waals surface area contributed by atoms with Crippen LogP contribution in [0.2, 0.25) is 0 Å². The van der Waals surface area contributed by atoms with E-state index in [1.807, 2.05) is 75.5 Å². The van der Waals surface area contributed by atoms with E-state index in [-0.39, 0.29) is 11.6 Å². The number of alkyl carbamates (subject to hydrolysis) is 1. The molecule has 0 aliphatic heterocycles. The predicted octanol–water partition coefficient (Wildman–Crippen LogP) is 6.39. The summed E-state index contributed by atoms with van der Waals surface area (Å²) in [5.74, 6) is 0.730. The van der Waals surface area contributed by atoms with Crippen LogP contribution in [0.15, 0.2) is 52.6 Å². The van der Waals surface area contributed by atoms with Crippen molar-refractivity contribution in [3.63, 3.8) is 0 Å². The number of hydrogen-bond donors (Lipinski definition) is 2. The highest BCUT2D eigenvalue weighted by atomic mass is 32.1. The van der Waals surface area contributed by atoms with Gasteiger partial charge in [-0.15, -0.1) is 11.3 Å². The molecule has 1 unspecified atom stereocenters. The lowest BCUT2D eigenvalue weighted by molar-refractivity contribution is 0.0502. The fourth-order valence-corrected chi connectivity index (χ4v) is 4.83. The van der Waals surface area contributed by atoms with Crippen molar-refractivity contribution in [1.82, 2.24) is 10.3 Å². The van der Waals surface area contributed by atoms with Crippen LogP contribution in [0.25, 0.3) is 32.1 Å². The van der Waals surface area contributed by atoms with E-state index in [1.165, 1.54) is 11.3 Å². The van der Waals surface area contributed by atoms with Crippen molar-refractivity contribution in [2.45, 2.75) is 45.8 Å². The molecule has 1 amide bonds. The van der Waals surface area contributed by atoms with E-state index in [0.29, 0.717) is 4.70 Å². The summed E-state index contributed by atoms with van der Waals surface area (Å²) >= 11 is 1.43. The first kappa shape index (κ1) is 22.9. The Labute approximate surface area is 196 Å². The smallest absolute Gasteiger partial charge is 0.408 e. The lowest BCUT2D eigenvalue weighted by Gasteiger charge is -2.23. The maximum atomic E-state index is 12.5. The number of aromatic nitrogens is 1. The van der Waals surface area contributed by atoms with Crippen LogP contribution in [0.3, 0.4) is 0 Å². The van der Waals surface area contributed by atoms with Crippen molar-refractivity contribution >= 4 is 38.4 Å². The van der Waals surface area contributed by atoms with Gasteiger partial charge in [-0.2, -0.15) is 0 Å². The molecule has 6 nitrogen and oxygen atoms in total. The number of aromatic amines is 1. The van der Waals surface area contributed by atoms with Crippen LogP contribution in [0.4, 0.5) is 4.79 Å². The monoisotopic (exact) mass is 464 g/mol. The van der Waals surface area contributed by atoms with E-state index >= 15 is 0 Å². The molecule has 1 atom stereocenters. The van der Waals surface area contributed by atoms with Crippen LogP contribution < -0.4 is 15.6 Å². The summed E-state index contributed by atoms with van der Waals surface area (Å²) in [6.07, 6.45) is 0.297. The number of hydrogen-bond acceptors (Lipinski definition) is 5. The van der Waals surface area contributed by atoms with E-state index in [9.17, 15) is 9.59 Å². The van der Waals surface area contributed by atoms with Crippen LogP contribution in [0.1, 0.15) is 45.7 Å². The molecule has 4 rings (SSSR count). The Hall–Kier alpha value is -3.32. The van der Waals surface area contributed by atoms with Crippen molar-refractivity contribution in [3.05, 3.63) is 63.8 Å². The van der Waals surface area contributed by atoms with Gasteiger partial charge in [-0.3, -0.25) is 4.79 Å². The minimum atomic E-state index is -0.550. The van der Waals surface area contributed by atoms with Crippen molar-refractivity contribution in [2.75, 3.05) is 7.11 Å². The van der Waals surface area contributed by atoms with Crippen molar-refractivity contribution in [2.24, 2.45) is 0 Å². The number of pyridine rings is 1. The number of benzene rings is 2. The van der Waals surface area contributed by atoms with E-state index < -0.39 is 11.7 Å². The van der Waals surface area contributed by atoms with E-state index in [2.05, 4.69) is 10.3 Å². The van der Waals surface area contributed by atoms with Crippen LogP contribution in [-0.4, -0.2) is 23.8 Å². The van der Waals surface area contributed by atoms with Crippen molar-refractivity contribution in [1.29, 1.82) is 0 Å². The van der Waals surface area contributed by atoms with Gasteiger partial charge in [0.05, 0.1) is 13.2 Å². The summed E-state index contributed by atoms with van der Waals surface area (Å²) in [5.41, 5.74) is 3.01. The van der Waals surface area contributed by atoms with E-state index in [4.69, 9.17) is 9.47 Å². The van der Waals surface area contributed by atoms with Crippen LogP contribution >= 0.6 is 11.3 Å². The number of rotatable bonds is 5. The fourth-order valence-electron chi connectivity index (χ4n) is 4.04. The molecule has 4 aromatic rings. The standard InChI is InChI=1S/C26H28N2O4S/c1-6-18(28-25(30)32-26(2,3)4)15-7-9-16(10-8-15)21-20(31-5)12-11-19-22(21)17-13-14-33-23(17)24(29)27-19/h7-14,18H,6H2,1-5H3,(H,27,29)(H,28,30). The lowest BCUT2D eigenvalue weighted by Crippen LogP contribution is -2.34. The maximum absolute atomic E-state index is 12.5. The van der Waals surface area contributed by atoms with E-state index in [0.717, 1.165) is 45.1 Å². The molecule has 2 N–H and O–H groups in total. The predicted molar refractivity (Wildman–Crippen MR) is 134 cm³/mol. The second kappa shape index (κ2) is 8.90. The zero-order chi connectivity index (χ0) is 23.8. The molecule has 0 saturated carbocycles. The molecule has 33 heavy (non-hydrogen) atoms. The van der Waals surface area contributed by atoms with Crippen molar-refractivity contribution < 1.29 is 14.3 Å². The van der Waals surface area contributed by atoms with Gasteiger partial charge in [0.1, 0.15) is 16.1 Å². The van der Waals surface area contributed by atoms with Crippen molar-refractivity contribution in [3.8, 4) is 16.9 Å². The minimum absolute atomic E-state index is 0.0852. The molecule has 2 aromatic carbocycles. The number of carbonyl (C=O) groups is 1. The SMILES string of the molecule is CCC(NC(=O)OC(C)(C)C)c1ccc(-c2c(OC)ccc3[nH]c(=O)c4sccc4c23)cc1. The number of methoxy groups -OCH3 is 1. The third kappa shape index (κ3) is 4.59. The molecule has 172 valence electrons. The third-order valence-corrected chi connectivity index (χ3v) is 6.39. The highest BCUT2D eigenvalue weighted by molar-refractivity contribution is 7.17. The summed E-state index contributed by atoms with van der Waals surface area (Å²) in [6, 6.07) is 13.6. The average Bonchev–Trinajstić information content (AvgIpc) is 3.26. The summed E-state index contributed by atoms with van der Waals surface area (Å²) in [5, 5.41) is 6.75. The Balaban J connectivity index is 1.76. The van der Waals surface area contributed by atoms with Gasteiger partial charge in [0, 0.05) is 21.9 Å². The molecule has 0 spiro atoms. The van der Waals surface area contributed by atoms with Gasteiger partial charge < -0.3 is 19.8 Å². The van der Waals surface area contributed by atoms with E-state index in [1.54, 1.807) is 7.11 Å². The Morgan fingerprint density at radius 3 is 2.48 bits per heavy atom. The molecule has 0 fully saturated rings. The number of amides is 1. The minimum Gasteiger partial charge on any atom is -0.496 e. The topological polar surface area (TPSA) is 80.4 Å². The Morgan fingerprint density at radius 1 is 1.12 bits per heavy atom. The normalized spacial score (nSPS) is 12.6. The summed E-state index contributed by atoms with van der Waals surface area (Å²) in [6.45, 7) is 7.56. The molecule has 0 saturated heterocycles. The molecule has 2 heterocycles. The number of fused-ring (bicyclic) bond motifs is 3. The van der Waals surface area contributed by atoms with Gasteiger partial charge in [-0.05, 0) is 61.9 Å². The number of nitrogens with one attached hydrogen (secondary N) is 2. The van der Waals surface area contributed by atoms with Gasteiger partial charge in [0.2, 0.25) is 0 Å². The molecule has 0 bridgehead atoms. The maximum Gasteiger partial charge on any atom is 0.408 e. The number of ether oxygens (including phenoxy) is 2. The molecule has 0 aliphatic rings. The Bertz CT molecular complexity index is 1360. The number of carbonyl (C=O) groups excluding carboxylic acids is 1. The Morgan fingerprint density at radius 2 is 1.85 bits per heavy atom. The zero-order valence-electron chi connectivity index (χ0n) is 19.4. The second-order valence-corrected chi connectivity index (χ2v) is 9.83. The largest absolute Gasteiger partial charge is 0.496 e. The second-order valence-electron chi connectivity index (χ2n) is 8.91. The van der Waals surface area contributed by atoms with Crippen LogP contribution in [-0.2, 0) is 4.74 Å². The van der Waals surface area contributed by atoms with Gasteiger partial charge >= 0.3 is 6.09 Å². The fraction of sp³-hybridized carbons (Fsp3) is 0.308. The molecule has 7 heteroatoms. The van der Waals surface area contributed by atoms with Gasteiger partial charge in [0.15, 0.2) is 0 Å². The highest BCUT2D eigenvalue weighted by Gasteiger charge is 2.21.